The van der Waals surface area contributed by atoms with E-state index in [4.69, 9.17) is 20.9 Å². The van der Waals surface area contributed by atoms with E-state index < -0.39 is 11.7 Å². The molecular weight excluding hydrogens is 343 g/mol. The van der Waals surface area contributed by atoms with Gasteiger partial charge in [-0.15, -0.1) is 0 Å². The van der Waals surface area contributed by atoms with E-state index in [1.54, 1.807) is 0 Å². The molecule has 7 heteroatoms. The van der Waals surface area contributed by atoms with E-state index in [0.717, 1.165) is 6.07 Å². The maximum atomic E-state index is 13.5. The summed E-state index contributed by atoms with van der Waals surface area (Å²) in [4.78, 5) is 11.1. The summed E-state index contributed by atoms with van der Waals surface area (Å²) < 4.78 is 24.4. The first-order valence-electron chi connectivity index (χ1n) is 5.82. The van der Waals surface area contributed by atoms with Crippen LogP contribution in [0.2, 0.25) is 0 Å². The summed E-state index contributed by atoms with van der Waals surface area (Å²) in [6, 6.07) is 6.96. The fourth-order valence-corrected chi connectivity index (χ4v) is 2.02. The fraction of sp³-hybridized carbons (Fsp3) is 0.0714. The Morgan fingerprint density at radius 3 is 2.52 bits per heavy atom. The zero-order chi connectivity index (χ0) is 15.6. The molecule has 21 heavy (non-hydrogen) atoms. The van der Waals surface area contributed by atoms with Gasteiger partial charge in [-0.3, -0.25) is 4.79 Å². The highest BCUT2D eigenvalue weighted by Crippen LogP contribution is 2.36. The summed E-state index contributed by atoms with van der Waals surface area (Å²) >= 11 is 3.03. The summed E-state index contributed by atoms with van der Waals surface area (Å²) in [5.41, 5.74) is 11.5. The molecule has 1 amide bonds. The van der Waals surface area contributed by atoms with Crippen molar-refractivity contribution in [2.75, 3.05) is 12.8 Å². The molecule has 0 atom stereocenters. The van der Waals surface area contributed by atoms with Crippen LogP contribution in [0.15, 0.2) is 34.8 Å². The Morgan fingerprint density at radius 1 is 1.19 bits per heavy atom. The van der Waals surface area contributed by atoms with Crippen molar-refractivity contribution >= 4 is 27.5 Å². The zero-order valence-electron chi connectivity index (χ0n) is 11.0. The molecule has 0 aliphatic heterocycles. The summed E-state index contributed by atoms with van der Waals surface area (Å²) in [7, 11) is 1.42. The van der Waals surface area contributed by atoms with Crippen molar-refractivity contribution in [2.45, 2.75) is 0 Å². The number of benzene rings is 2. The molecule has 0 saturated heterocycles. The second kappa shape index (κ2) is 6.01. The molecule has 2 rings (SSSR count). The third-order valence-electron chi connectivity index (χ3n) is 2.72. The predicted octanol–water partition coefficient (Wildman–Crippen LogP) is 3.07. The van der Waals surface area contributed by atoms with E-state index in [2.05, 4.69) is 15.9 Å². The van der Waals surface area contributed by atoms with Crippen molar-refractivity contribution in [1.29, 1.82) is 0 Å². The highest BCUT2D eigenvalue weighted by atomic mass is 79.9. The van der Waals surface area contributed by atoms with Gasteiger partial charge >= 0.3 is 0 Å². The summed E-state index contributed by atoms with van der Waals surface area (Å²) in [5, 5.41) is 0. The molecule has 0 heterocycles. The number of anilines is 1. The van der Waals surface area contributed by atoms with Crippen LogP contribution in [0.25, 0.3) is 0 Å². The Labute approximate surface area is 128 Å². The van der Waals surface area contributed by atoms with Crippen LogP contribution in [-0.4, -0.2) is 13.0 Å². The topological polar surface area (TPSA) is 87.6 Å². The molecule has 110 valence electrons. The predicted molar refractivity (Wildman–Crippen MR) is 80.1 cm³/mol. The second-order valence-corrected chi connectivity index (χ2v) is 4.99. The lowest BCUT2D eigenvalue weighted by Crippen LogP contribution is -2.10. The molecule has 0 aliphatic carbocycles. The summed E-state index contributed by atoms with van der Waals surface area (Å²) in [5.74, 6) is -0.383. The minimum atomic E-state index is -0.589. The van der Waals surface area contributed by atoms with Crippen molar-refractivity contribution in [3.05, 3.63) is 46.2 Å². The van der Waals surface area contributed by atoms with E-state index in [1.807, 2.05) is 0 Å². The zero-order valence-corrected chi connectivity index (χ0v) is 12.6. The molecule has 5 nitrogen and oxygen atoms in total. The Balaban J connectivity index is 2.40. The van der Waals surface area contributed by atoms with E-state index in [1.165, 1.54) is 31.4 Å². The third kappa shape index (κ3) is 3.25. The van der Waals surface area contributed by atoms with Gasteiger partial charge in [0.1, 0.15) is 5.82 Å². The van der Waals surface area contributed by atoms with E-state index in [9.17, 15) is 9.18 Å². The maximum Gasteiger partial charge on any atom is 0.248 e. The van der Waals surface area contributed by atoms with Crippen molar-refractivity contribution in [2.24, 2.45) is 5.73 Å². The van der Waals surface area contributed by atoms with E-state index in [0.29, 0.717) is 0 Å². The average Bonchev–Trinajstić information content (AvgIpc) is 2.44. The summed E-state index contributed by atoms with van der Waals surface area (Å²) in [6.07, 6.45) is 0. The van der Waals surface area contributed by atoms with Crippen LogP contribution >= 0.6 is 15.9 Å². The molecule has 2 aromatic rings. The molecule has 0 saturated carbocycles. The minimum Gasteiger partial charge on any atom is -0.493 e. The number of nitrogen functional groups attached to an aromatic ring is 1. The standard InChI is InChI=1S/C14H12BrFN2O3/c1-20-13-4-7(14(18)19)2-3-11(13)21-12-6-9(16)8(15)5-10(12)17/h2-6H,17H2,1H3,(H2,18,19). The number of amides is 1. The molecule has 4 N–H and O–H groups in total. The van der Waals surface area contributed by atoms with Crippen LogP contribution in [0.5, 0.6) is 17.2 Å². The Kier molecular flexibility index (Phi) is 4.32. The first-order valence-corrected chi connectivity index (χ1v) is 6.62. The van der Waals surface area contributed by atoms with Gasteiger partial charge in [0.15, 0.2) is 17.2 Å². The quantitative estimate of drug-likeness (QED) is 0.825. The van der Waals surface area contributed by atoms with E-state index >= 15 is 0 Å². The Hall–Kier alpha value is -2.28. The molecular formula is C14H12BrFN2O3. The van der Waals surface area contributed by atoms with Gasteiger partial charge in [-0.05, 0) is 40.2 Å². The van der Waals surface area contributed by atoms with Crippen molar-refractivity contribution < 1.29 is 18.7 Å². The van der Waals surface area contributed by atoms with Gasteiger partial charge in [0.25, 0.3) is 0 Å². The lowest BCUT2D eigenvalue weighted by atomic mass is 10.2. The van der Waals surface area contributed by atoms with Crippen LogP contribution in [0.3, 0.4) is 0 Å². The number of hydrogen-bond acceptors (Lipinski definition) is 4. The van der Waals surface area contributed by atoms with Crippen molar-refractivity contribution in [3.8, 4) is 17.2 Å². The van der Waals surface area contributed by atoms with Crippen molar-refractivity contribution in [1.82, 2.24) is 0 Å². The molecule has 0 aromatic heterocycles. The second-order valence-electron chi connectivity index (χ2n) is 4.14. The van der Waals surface area contributed by atoms with Gasteiger partial charge in [0.05, 0.1) is 17.3 Å². The van der Waals surface area contributed by atoms with Gasteiger partial charge in [0, 0.05) is 11.6 Å². The highest BCUT2D eigenvalue weighted by Gasteiger charge is 2.13. The number of carbonyl (C=O) groups excluding carboxylic acids is 1. The fourth-order valence-electron chi connectivity index (χ4n) is 1.66. The smallest absolute Gasteiger partial charge is 0.248 e. The summed E-state index contributed by atoms with van der Waals surface area (Å²) in [6.45, 7) is 0. The molecule has 0 bridgehead atoms. The molecule has 0 fully saturated rings. The van der Waals surface area contributed by atoms with E-state index in [-0.39, 0.29) is 33.0 Å². The number of methoxy groups -OCH3 is 1. The first kappa shape index (κ1) is 15.1. The molecule has 0 aliphatic rings. The SMILES string of the molecule is COc1cc(C(N)=O)ccc1Oc1cc(F)c(Br)cc1N. The monoisotopic (exact) mass is 354 g/mol. The molecule has 2 aromatic carbocycles. The number of rotatable bonds is 4. The van der Waals surface area contributed by atoms with Crippen LogP contribution in [0, 0.1) is 5.82 Å². The number of hydrogen-bond donors (Lipinski definition) is 2. The minimum absolute atomic E-state index is 0.140. The number of primary amides is 1. The Bertz CT molecular complexity index is 707. The van der Waals surface area contributed by atoms with Crippen LogP contribution < -0.4 is 20.9 Å². The molecule has 0 radical (unpaired) electrons. The lowest BCUT2D eigenvalue weighted by Gasteiger charge is -2.13. The average molecular weight is 355 g/mol. The van der Waals surface area contributed by atoms with Gasteiger partial charge in [-0.2, -0.15) is 0 Å². The molecule has 0 unspecified atom stereocenters. The van der Waals surface area contributed by atoms with Gasteiger partial charge in [0.2, 0.25) is 5.91 Å². The van der Waals surface area contributed by atoms with Crippen LogP contribution in [0.4, 0.5) is 10.1 Å². The van der Waals surface area contributed by atoms with Crippen molar-refractivity contribution in [3.63, 3.8) is 0 Å². The number of ether oxygens (including phenoxy) is 2. The maximum absolute atomic E-state index is 13.5. The highest BCUT2D eigenvalue weighted by molar-refractivity contribution is 9.10. The van der Waals surface area contributed by atoms with Gasteiger partial charge in [-0.25, -0.2) is 4.39 Å². The third-order valence-corrected chi connectivity index (χ3v) is 3.33. The van der Waals surface area contributed by atoms with Gasteiger partial charge in [-0.1, -0.05) is 0 Å². The number of halogens is 2. The number of carbonyl (C=O) groups is 1. The molecule has 0 spiro atoms. The van der Waals surface area contributed by atoms with Crippen LogP contribution in [0.1, 0.15) is 10.4 Å². The number of nitrogens with two attached hydrogens (primary N) is 2. The Morgan fingerprint density at radius 2 is 1.90 bits per heavy atom. The normalized spacial score (nSPS) is 10.2. The lowest BCUT2D eigenvalue weighted by molar-refractivity contribution is 0.1000. The first-order chi connectivity index (χ1) is 9.92. The van der Waals surface area contributed by atoms with Gasteiger partial charge < -0.3 is 20.9 Å². The van der Waals surface area contributed by atoms with Crippen LogP contribution in [-0.2, 0) is 0 Å². The largest absolute Gasteiger partial charge is 0.493 e.